The van der Waals surface area contributed by atoms with E-state index in [1.807, 2.05) is 0 Å². The summed E-state index contributed by atoms with van der Waals surface area (Å²) in [6.45, 7) is 11.9. The van der Waals surface area contributed by atoms with Gasteiger partial charge in [0.1, 0.15) is 0 Å². The molecule has 4 rings (SSSR count). The summed E-state index contributed by atoms with van der Waals surface area (Å²) in [4.78, 5) is 8.18. The maximum atomic E-state index is 5.55. The molecule has 0 saturated carbocycles. The van der Waals surface area contributed by atoms with E-state index >= 15 is 0 Å². The Morgan fingerprint density at radius 1 is 0.828 bits per heavy atom. The molecular formula is C24H39N3O2. The number of rotatable bonds is 5. The second-order valence-corrected chi connectivity index (χ2v) is 9.35. The van der Waals surface area contributed by atoms with Crippen LogP contribution in [0.1, 0.15) is 50.7 Å². The molecule has 0 radical (unpaired) electrons. The lowest BCUT2D eigenvalue weighted by Gasteiger charge is -2.46. The van der Waals surface area contributed by atoms with Gasteiger partial charge in [-0.2, -0.15) is 0 Å². The molecular weight excluding hydrogens is 362 g/mol. The van der Waals surface area contributed by atoms with E-state index in [4.69, 9.17) is 9.47 Å². The summed E-state index contributed by atoms with van der Waals surface area (Å²) in [5, 5.41) is 0. The predicted molar refractivity (Wildman–Crippen MR) is 118 cm³/mol. The van der Waals surface area contributed by atoms with Crippen molar-refractivity contribution in [3.63, 3.8) is 0 Å². The Labute approximate surface area is 176 Å². The van der Waals surface area contributed by atoms with Crippen LogP contribution in [0.4, 0.5) is 0 Å². The average Bonchev–Trinajstić information content (AvgIpc) is 2.77. The molecule has 2 saturated heterocycles. The first kappa shape index (κ1) is 21.0. The molecule has 162 valence electrons. The van der Waals surface area contributed by atoms with Crippen molar-refractivity contribution >= 4 is 0 Å². The quantitative estimate of drug-likeness (QED) is 0.754. The number of likely N-dealkylation sites (tertiary alicyclic amines) is 2. The minimum atomic E-state index is 0.688. The Morgan fingerprint density at radius 2 is 1.52 bits per heavy atom. The molecule has 0 aliphatic carbocycles. The van der Waals surface area contributed by atoms with Crippen LogP contribution in [0.2, 0.25) is 0 Å². The number of piperidine rings is 2. The molecule has 5 nitrogen and oxygen atoms in total. The Hall–Kier alpha value is -1.30. The number of benzene rings is 1. The molecule has 29 heavy (non-hydrogen) atoms. The zero-order valence-electron chi connectivity index (χ0n) is 18.8. The molecule has 0 bridgehead atoms. The van der Waals surface area contributed by atoms with E-state index < -0.39 is 0 Å². The third kappa shape index (κ3) is 4.57. The summed E-state index contributed by atoms with van der Waals surface area (Å²) >= 11 is 0. The zero-order valence-corrected chi connectivity index (χ0v) is 18.8. The molecule has 1 aromatic rings. The highest BCUT2D eigenvalue weighted by Crippen LogP contribution is 2.34. The summed E-state index contributed by atoms with van der Waals surface area (Å²) in [5.74, 6) is 1.71. The first-order valence-electron chi connectivity index (χ1n) is 11.5. The highest BCUT2D eigenvalue weighted by molar-refractivity contribution is 5.48. The van der Waals surface area contributed by atoms with Crippen molar-refractivity contribution in [2.75, 3.05) is 46.9 Å². The fourth-order valence-corrected chi connectivity index (χ4v) is 5.60. The smallest absolute Gasteiger partial charge is 0.161 e. The lowest BCUT2D eigenvalue weighted by molar-refractivity contribution is 0.0341. The molecule has 1 unspecified atom stereocenters. The van der Waals surface area contributed by atoms with Gasteiger partial charge in [-0.05, 0) is 88.8 Å². The van der Waals surface area contributed by atoms with Crippen molar-refractivity contribution in [2.24, 2.45) is 0 Å². The summed E-state index contributed by atoms with van der Waals surface area (Å²) in [7, 11) is 3.45. The Balaban J connectivity index is 1.38. The lowest BCUT2D eigenvalue weighted by Crippen LogP contribution is -2.54. The van der Waals surface area contributed by atoms with Crippen LogP contribution in [-0.4, -0.2) is 79.8 Å². The first-order valence-corrected chi connectivity index (χ1v) is 11.5. The van der Waals surface area contributed by atoms with Gasteiger partial charge in [-0.3, -0.25) is 9.80 Å². The lowest BCUT2D eigenvalue weighted by atomic mass is 9.93. The van der Waals surface area contributed by atoms with E-state index in [9.17, 15) is 0 Å². The molecule has 3 aliphatic heterocycles. The van der Waals surface area contributed by atoms with Crippen LogP contribution in [-0.2, 0) is 13.0 Å². The second kappa shape index (κ2) is 9.23. The summed E-state index contributed by atoms with van der Waals surface area (Å²) in [6, 6.07) is 6.54. The third-order valence-electron chi connectivity index (χ3n) is 7.44. The van der Waals surface area contributed by atoms with Crippen LogP contribution in [0.3, 0.4) is 0 Å². The maximum Gasteiger partial charge on any atom is 0.161 e. The van der Waals surface area contributed by atoms with Gasteiger partial charge >= 0.3 is 0 Å². The number of fused-ring (bicyclic) bond motifs is 1. The fraction of sp³-hybridized carbons (Fsp3) is 0.750. The fourth-order valence-electron chi connectivity index (χ4n) is 5.60. The SMILES string of the molecule is COc1cc2c(cc1OC)CN(C1CCCN(C3CCN(C(C)C)CC3)C1)CC2. The van der Waals surface area contributed by atoms with Crippen LogP contribution >= 0.6 is 0 Å². The standard InChI is InChI=1S/C24H39N3O2/c1-18(2)25-12-8-21(9-13-25)26-10-5-6-22(17-26)27-11-7-19-14-23(28-3)24(29-4)15-20(19)16-27/h14-15,18,21-22H,5-13,16-17H2,1-4H3. The van der Waals surface area contributed by atoms with E-state index in [1.54, 1.807) is 14.2 Å². The topological polar surface area (TPSA) is 28.2 Å². The van der Waals surface area contributed by atoms with Crippen molar-refractivity contribution < 1.29 is 9.47 Å². The van der Waals surface area contributed by atoms with Crippen molar-refractivity contribution in [3.05, 3.63) is 23.3 Å². The normalized spacial score (nSPS) is 25.2. The van der Waals surface area contributed by atoms with Gasteiger partial charge in [-0.25, -0.2) is 0 Å². The van der Waals surface area contributed by atoms with Crippen LogP contribution in [0.15, 0.2) is 12.1 Å². The Kier molecular flexibility index (Phi) is 6.67. The van der Waals surface area contributed by atoms with Gasteiger partial charge in [0, 0.05) is 37.8 Å². The molecule has 0 aromatic heterocycles. The van der Waals surface area contributed by atoms with Gasteiger partial charge in [0.15, 0.2) is 11.5 Å². The molecule has 5 heteroatoms. The maximum absolute atomic E-state index is 5.55. The van der Waals surface area contributed by atoms with Crippen LogP contribution in [0.25, 0.3) is 0 Å². The minimum Gasteiger partial charge on any atom is -0.493 e. The summed E-state index contributed by atoms with van der Waals surface area (Å²) in [6.07, 6.45) is 6.46. The largest absolute Gasteiger partial charge is 0.493 e. The van der Waals surface area contributed by atoms with E-state index in [0.717, 1.165) is 37.1 Å². The van der Waals surface area contributed by atoms with E-state index in [1.165, 1.54) is 63.0 Å². The monoisotopic (exact) mass is 401 g/mol. The first-order chi connectivity index (χ1) is 14.1. The minimum absolute atomic E-state index is 0.688. The Bertz CT molecular complexity index is 685. The number of hydrogen-bond donors (Lipinski definition) is 0. The van der Waals surface area contributed by atoms with Gasteiger partial charge in [-0.1, -0.05) is 0 Å². The van der Waals surface area contributed by atoms with Crippen LogP contribution < -0.4 is 9.47 Å². The average molecular weight is 402 g/mol. The zero-order chi connectivity index (χ0) is 20.4. The van der Waals surface area contributed by atoms with E-state index in [2.05, 4.69) is 40.7 Å². The third-order valence-corrected chi connectivity index (χ3v) is 7.44. The molecule has 0 spiro atoms. The van der Waals surface area contributed by atoms with E-state index in [-0.39, 0.29) is 0 Å². The molecule has 0 N–H and O–H groups in total. The van der Waals surface area contributed by atoms with Crippen LogP contribution in [0, 0.1) is 0 Å². The van der Waals surface area contributed by atoms with Gasteiger partial charge in [0.2, 0.25) is 0 Å². The van der Waals surface area contributed by atoms with Crippen molar-refractivity contribution in [2.45, 2.75) is 70.6 Å². The number of ether oxygens (including phenoxy) is 2. The second-order valence-electron chi connectivity index (χ2n) is 9.35. The number of hydrogen-bond acceptors (Lipinski definition) is 5. The summed E-state index contributed by atoms with van der Waals surface area (Å²) < 4.78 is 11.0. The van der Waals surface area contributed by atoms with Crippen molar-refractivity contribution in [1.29, 1.82) is 0 Å². The molecule has 0 amide bonds. The van der Waals surface area contributed by atoms with Crippen molar-refractivity contribution in [3.8, 4) is 11.5 Å². The highest BCUT2D eigenvalue weighted by Gasteiger charge is 2.33. The highest BCUT2D eigenvalue weighted by atomic mass is 16.5. The van der Waals surface area contributed by atoms with E-state index in [0.29, 0.717) is 12.1 Å². The molecule has 2 fully saturated rings. The van der Waals surface area contributed by atoms with Gasteiger partial charge < -0.3 is 14.4 Å². The van der Waals surface area contributed by atoms with Crippen molar-refractivity contribution in [1.82, 2.24) is 14.7 Å². The van der Waals surface area contributed by atoms with Gasteiger partial charge in [-0.15, -0.1) is 0 Å². The molecule has 3 heterocycles. The predicted octanol–water partition coefficient (Wildman–Crippen LogP) is 3.40. The number of methoxy groups -OCH3 is 2. The summed E-state index contributed by atoms with van der Waals surface area (Å²) in [5.41, 5.74) is 2.84. The van der Waals surface area contributed by atoms with Crippen LogP contribution in [0.5, 0.6) is 11.5 Å². The molecule has 1 atom stereocenters. The van der Waals surface area contributed by atoms with Gasteiger partial charge in [0.25, 0.3) is 0 Å². The number of nitrogens with zero attached hydrogens (tertiary/aromatic N) is 3. The Morgan fingerprint density at radius 3 is 2.17 bits per heavy atom. The van der Waals surface area contributed by atoms with Gasteiger partial charge in [0.05, 0.1) is 14.2 Å². The molecule has 1 aromatic carbocycles. The molecule has 3 aliphatic rings.